The maximum atomic E-state index is 5.65. The van der Waals surface area contributed by atoms with Crippen LogP contribution >= 0.6 is 0 Å². The molecule has 0 spiro atoms. The Kier molecular flexibility index (Phi) is 3.42. The number of anilines is 1. The molecule has 0 radical (unpaired) electrons. The van der Waals surface area contributed by atoms with E-state index in [0.717, 1.165) is 29.1 Å². The molecule has 1 aliphatic rings. The normalized spacial score (nSPS) is 17.3. The van der Waals surface area contributed by atoms with E-state index in [4.69, 9.17) is 9.52 Å². The van der Waals surface area contributed by atoms with Crippen LogP contribution in [0.4, 0.5) is 5.69 Å². The van der Waals surface area contributed by atoms with Crippen LogP contribution in [0.1, 0.15) is 29.3 Å². The summed E-state index contributed by atoms with van der Waals surface area (Å²) in [5, 5.41) is 6.91. The first-order chi connectivity index (χ1) is 11.3. The van der Waals surface area contributed by atoms with E-state index in [1.807, 2.05) is 29.3 Å². The van der Waals surface area contributed by atoms with Gasteiger partial charge in [0.2, 0.25) is 0 Å². The van der Waals surface area contributed by atoms with Crippen molar-refractivity contribution in [1.82, 2.24) is 4.98 Å². The van der Waals surface area contributed by atoms with Gasteiger partial charge in [-0.25, -0.2) is 0 Å². The van der Waals surface area contributed by atoms with E-state index in [-0.39, 0.29) is 6.04 Å². The third-order valence-corrected chi connectivity index (χ3v) is 4.09. The van der Waals surface area contributed by atoms with Crippen LogP contribution in [0, 0.1) is 6.92 Å². The number of nitrogens with zero attached hydrogens (tertiary/aromatic N) is 3. The Morgan fingerprint density at radius 1 is 1.04 bits per heavy atom. The molecule has 3 aromatic rings. The van der Waals surface area contributed by atoms with Gasteiger partial charge in [0.05, 0.1) is 17.7 Å². The molecule has 3 heterocycles. The second kappa shape index (κ2) is 5.72. The quantitative estimate of drug-likeness (QED) is 0.723. The van der Waals surface area contributed by atoms with Gasteiger partial charge in [-0.15, -0.1) is 0 Å². The minimum Gasteiger partial charge on any atom is -0.467 e. The largest absolute Gasteiger partial charge is 0.467 e. The van der Waals surface area contributed by atoms with Gasteiger partial charge in [-0.1, -0.05) is 17.7 Å². The topological polar surface area (TPSA) is 41.6 Å². The molecule has 1 unspecified atom stereocenters. The third-order valence-electron chi connectivity index (χ3n) is 4.09. The van der Waals surface area contributed by atoms with Crippen LogP contribution in [-0.2, 0) is 0 Å². The van der Waals surface area contributed by atoms with Crippen LogP contribution < -0.4 is 5.01 Å². The zero-order chi connectivity index (χ0) is 15.6. The summed E-state index contributed by atoms with van der Waals surface area (Å²) in [4.78, 5) is 4.09. The number of pyridine rings is 1. The van der Waals surface area contributed by atoms with E-state index in [1.54, 1.807) is 18.7 Å². The van der Waals surface area contributed by atoms with Crippen molar-refractivity contribution >= 4 is 11.4 Å². The maximum Gasteiger partial charge on any atom is 0.128 e. The van der Waals surface area contributed by atoms with Gasteiger partial charge < -0.3 is 4.42 Å². The van der Waals surface area contributed by atoms with Crippen LogP contribution in [0.5, 0.6) is 0 Å². The molecule has 0 N–H and O–H groups in total. The lowest BCUT2D eigenvalue weighted by molar-refractivity contribution is 0.465. The Morgan fingerprint density at radius 3 is 2.52 bits per heavy atom. The molecule has 1 atom stereocenters. The molecule has 1 aromatic carbocycles. The van der Waals surface area contributed by atoms with Crippen LogP contribution in [-0.4, -0.2) is 10.7 Å². The first kappa shape index (κ1) is 13.8. The van der Waals surface area contributed by atoms with Crippen LogP contribution in [0.15, 0.2) is 76.7 Å². The summed E-state index contributed by atoms with van der Waals surface area (Å²) in [6.07, 6.45) is 6.13. The summed E-state index contributed by atoms with van der Waals surface area (Å²) >= 11 is 0. The molecular formula is C19H17N3O. The molecule has 0 fully saturated rings. The zero-order valence-corrected chi connectivity index (χ0v) is 12.9. The predicted molar refractivity (Wildman–Crippen MR) is 90.5 cm³/mol. The van der Waals surface area contributed by atoms with Crippen molar-refractivity contribution in [2.45, 2.75) is 19.4 Å². The van der Waals surface area contributed by atoms with Crippen molar-refractivity contribution in [3.05, 3.63) is 84.1 Å². The van der Waals surface area contributed by atoms with E-state index in [2.05, 4.69) is 36.2 Å². The fourth-order valence-corrected chi connectivity index (χ4v) is 2.87. The number of aromatic nitrogens is 1. The lowest BCUT2D eigenvalue weighted by atomic mass is 10.0. The number of rotatable bonds is 3. The molecule has 0 amide bonds. The van der Waals surface area contributed by atoms with Gasteiger partial charge in [-0.3, -0.25) is 9.99 Å². The van der Waals surface area contributed by atoms with Gasteiger partial charge in [-0.05, 0) is 43.3 Å². The van der Waals surface area contributed by atoms with Crippen molar-refractivity contribution < 1.29 is 4.42 Å². The lowest BCUT2D eigenvalue weighted by Crippen LogP contribution is -2.17. The fourth-order valence-electron chi connectivity index (χ4n) is 2.87. The van der Waals surface area contributed by atoms with E-state index in [9.17, 15) is 0 Å². The zero-order valence-electron chi connectivity index (χ0n) is 12.9. The molecule has 1 aliphatic heterocycles. The molecule has 4 heteroatoms. The summed E-state index contributed by atoms with van der Waals surface area (Å²) in [6, 6.07) is 16.4. The van der Waals surface area contributed by atoms with Crippen molar-refractivity contribution in [1.29, 1.82) is 0 Å². The third kappa shape index (κ3) is 2.63. The number of hydrogen-bond acceptors (Lipinski definition) is 4. The van der Waals surface area contributed by atoms with E-state index in [1.165, 1.54) is 5.56 Å². The van der Waals surface area contributed by atoms with Crippen LogP contribution in [0.25, 0.3) is 0 Å². The number of benzene rings is 1. The molecule has 4 rings (SSSR count). The Bertz CT molecular complexity index is 808. The summed E-state index contributed by atoms with van der Waals surface area (Å²) in [6.45, 7) is 2.09. The highest BCUT2D eigenvalue weighted by molar-refractivity contribution is 6.03. The summed E-state index contributed by atoms with van der Waals surface area (Å²) in [5.74, 6) is 0.929. The SMILES string of the molecule is Cc1ccc(N2N=C(c3ccncc3)CC2c2ccco2)cc1. The van der Waals surface area contributed by atoms with E-state index in [0.29, 0.717) is 0 Å². The molecule has 0 saturated heterocycles. The minimum absolute atomic E-state index is 0.0795. The van der Waals surface area contributed by atoms with Crippen molar-refractivity contribution in [3.8, 4) is 0 Å². The highest BCUT2D eigenvalue weighted by Crippen LogP contribution is 2.36. The van der Waals surface area contributed by atoms with Crippen molar-refractivity contribution in [3.63, 3.8) is 0 Å². The first-order valence-corrected chi connectivity index (χ1v) is 7.68. The monoisotopic (exact) mass is 303 g/mol. The summed E-state index contributed by atoms with van der Waals surface area (Å²) in [5.41, 5.74) is 4.46. The van der Waals surface area contributed by atoms with E-state index >= 15 is 0 Å². The fraction of sp³-hybridized carbons (Fsp3) is 0.158. The average molecular weight is 303 g/mol. The molecule has 0 bridgehead atoms. The van der Waals surface area contributed by atoms with Crippen LogP contribution in [0.3, 0.4) is 0 Å². The highest BCUT2D eigenvalue weighted by atomic mass is 16.3. The Hall–Kier alpha value is -2.88. The Labute approximate surface area is 135 Å². The molecule has 0 saturated carbocycles. The second-order valence-corrected chi connectivity index (χ2v) is 5.70. The predicted octanol–water partition coefficient (Wildman–Crippen LogP) is 4.34. The molecule has 2 aromatic heterocycles. The number of aryl methyl sites for hydroxylation is 1. The molecular weight excluding hydrogens is 286 g/mol. The maximum absolute atomic E-state index is 5.65. The summed E-state index contributed by atoms with van der Waals surface area (Å²) < 4.78 is 5.65. The molecule has 114 valence electrons. The molecule has 23 heavy (non-hydrogen) atoms. The highest BCUT2D eigenvalue weighted by Gasteiger charge is 2.31. The second-order valence-electron chi connectivity index (χ2n) is 5.70. The smallest absolute Gasteiger partial charge is 0.128 e. The van der Waals surface area contributed by atoms with Gasteiger partial charge in [0, 0.05) is 24.4 Å². The van der Waals surface area contributed by atoms with Gasteiger partial charge in [0.1, 0.15) is 11.8 Å². The van der Waals surface area contributed by atoms with Gasteiger partial charge in [0.25, 0.3) is 0 Å². The van der Waals surface area contributed by atoms with E-state index < -0.39 is 0 Å². The molecule has 4 nitrogen and oxygen atoms in total. The number of hydrogen-bond donors (Lipinski definition) is 0. The Balaban J connectivity index is 1.74. The number of hydrazone groups is 1. The standard InChI is InChI=1S/C19H17N3O/c1-14-4-6-16(7-5-14)22-18(19-3-2-12-23-19)13-17(21-22)15-8-10-20-11-9-15/h2-12,18H,13H2,1H3. The van der Waals surface area contributed by atoms with Gasteiger partial charge >= 0.3 is 0 Å². The van der Waals surface area contributed by atoms with Crippen LogP contribution in [0.2, 0.25) is 0 Å². The number of furan rings is 1. The van der Waals surface area contributed by atoms with Crippen molar-refractivity contribution in [2.75, 3.05) is 5.01 Å². The van der Waals surface area contributed by atoms with Gasteiger partial charge in [-0.2, -0.15) is 5.10 Å². The first-order valence-electron chi connectivity index (χ1n) is 7.68. The van der Waals surface area contributed by atoms with Crippen molar-refractivity contribution in [2.24, 2.45) is 5.10 Å². The summed E-state index contributed by atoms with van der Waals surface area (Å²) in [7, 11) is 0. The minimum atomic E-state index is 0.0795. The Morgan fingerprint density at radius 2 is 1.83 bits per heavy atom. The lowest BCUT2D eigenvalue weighted by Gasteiger charge is -2.21. The average Bonchev–Trinajstić information content (AvgIpc) is 3.26. The van der Waals surface area contributed by atoms with Gasteiger partial charge in [0.15, 0.2) is 0 Å². The molecule has 0 aliphatic carbocycles.